The first-order chi connectivity index (χ1) is 5.85. The zero-order chi connectivity index (χ0) is 9.23. The Balaban J connectivity index is 3.26. The van der Waals surface area contributed by atoms with E-state index in [1.165, 1.54) is 0 Å². The summed E-state index contributed by atoms with van der Waals surface area (Å²) in [6, 6.07) is 0.409. The van der Waals surface area contributed by atoms with Crippen LogP contribution in [0.4, 0.5) is 0 Å². The average Bonchev–Trinajstić information content (AvgIpc) is 2.10. The van der Waals surface area contributed by atoms with Crippen LogP contribution in [-0.2, 0) is 4.74 Å². The van der Waals surface area contributed by atoms with E-state index >= 15 is 0 Å². The van der Waals surface area contributed by atoms with E-state index in [-0.39, 0.29) is 0 Å². The van der Waals surface area contributed by atoms with Crippen molar-refractivity contribution in [2.24, 2.45) is 0 Å². The molecular formula is C10H19NO. The Hall–Kier alpha value is -0.520. The third kappa shape index (κ3) is 6.21. The Morgan fingerprint density at radius 3 is 2.75 bits per heavy atom. The van der Waals surface area contributed by atoms with Gasteiger partial charge in [-0.25, -0.2) is 0 Å². The number of hydrogen-bond acceptors (Lipinski definition) is 2. The average molecular weight is 169 g/mol. The molecule has 0 amide bonds. The van der Waals surface area contributed by atoms with Gasteiger partial charge in [-0.3, -0.25) is 0 Å². The monoisotopic (exact) mass is 169 g/mol. The van der Waals surface area contributed by atoms with Gasteiger partial charge in [0.15, 0.2) is 0 Å². The summed E-state index contributed by atoms with van der Waals surface area (Å²) in [5.41, 5.74) is 0. The van der Waals surface area contributed by atoms with Crippen molar-refractivity contribution in [3.8, 4) is 12.3 Å². The minimum absolute atomic E-state index is 0.409. The van der Waals surface area contributed by atoms with Crippen molar-refractivity contribution >= 4 is 0 Å². The van der Waals surface area contributed by atoms with Crippen LogP contribution in [0.25, 0.3) is 0 Å². The Bertz CT molecular complexity index is 128. The first kappa shape index (κ1) is 11.5. The van der Waals surface area contributed by atoms with Gasteiger partial charge in [-0.05, 0) is 19.9 Å². The molecule has 0 aromatic carbocycles. The van der Waals surface area contributed by atoms with Crippen molar-refractivity contribution in [1.29, 1.82) is 0 Å². The molecule has 0 spiro atoms. The third-order valence-corrected chi connectivity index (χ3v) is 1.73. The molecule has 1 atom stereocenters. The fourth-order valence-electron chi connectivity index (χ4n) is 0.963. The quantitative estimate of drug-likeness (QED) is 0.459. The van der Waals surface area contributed by atoms with E-state index in [0.29, 0.717) is 6.04 Å². The van der Waals surface area contributed by atoms with E-state index in [1.807, 2.05) is 7.05 Å². The van der Waals surface area contributed by atoms with Gasteiger partial charge < -0.3 is 10.1 Å². The maximum atomic E-state index is 5.35. The molecular weight excluding hydrogens is 150 g/mol. The standard InChI is InChI=1S/C10H19NO/c1-4-6-10(11-3)7-9-12-8-5-2/h1,10-11H,5-9H2,2-3H3. The summed E-state index contributed by atoms with van der Waals surface area (Å²) >= 11 is 0. The van der Waals surface area contributed by atoms with Gasteiger partial charge in [0.05, 0.1) is 0 Å². The molecule has 0 aromatic rings. The number of terminal acetylenes is 1. The SMILES string of the molecule is C#CCC(CCOCCC)NC. The summed E-state index contributed by atoms with van der Waals surface area (Å²) in [6.45, 7) is 3.77. The van der Waals surface area contributed by atoms with Crippen molar-refractivity contribution in [2.75, 3.05) is 20.3 Å². The number of nitrogens with one attached hydrogen (secondary N) is 1. The minimum Gasteiger partial charge on any atom is -0.381 e. The lowest BCUT2D eigenvalue weighted by atomic mass is 10.1. The van der Waals surface area contributed by atoms with E-state index in [4.69, 9.17) is 11.2 Å². The topological polar surface area (TPSA) is 21.3 Å². The molecule has 2 heteroatoms. The highest BCUT2D eigenvalue weighted by molar-refractivity contribution is 4.89. The Kier molecular flexibility index (Phi) is 8.20. The normalized spacial score (nSPS) is 12.4. The van der Waals surface area contributed by atoms with Gasteiger partial charge in [-0.15, -0.1) is 12.3 Å². The first-order valence-corrected chi connectivity index (χ1v) is 4.53. The van der Waals surface area contributed by atoms with Crippen LogP contribution in [0.3, 0.4) is 0 Å². The molecule has 0 saturated heterocycles. The van der Waals surface area contributed by atoms with Crippen molar-refractivity contribution in [3.63, 3.8) is 0 Å². The summed E-state index contributed by atoms with van der Waals surface area (Å²) in [4.78, 5) is 0. The first-order valence-electron chi connectivity index (χ1n) is 4.53. The van der Waals surface area contributed by atoms with Gasteiger partial charge in [0.2, 0.25) is 0 Å². The maximum Gasteiger partial charge on any atom is 0.0481 e. The van der Waals surface area contributed by atoms with Gasteiger partial charge in [-0.1, -0.05) is 6.92 Å². The molecule has 2 nitrogen and oxygen atoms in total. The minimum atomic E-state index is 0.409. The highest BCUT2D eigenvalue weighted by atomic mass is 16.5. The second-order valence-corrected chi connectivity index (χ2v) is 2.79. The largest absolute Gasteiger partial charge is 0.381 e. The van der Waals surface area contributed by atoms with E-state index in [0.717, 1.165) is 32.5 Å². The van der Waals surface area contributed by atoms with Gasteiger partial charge in [-0.2, -0.15) is 0 Å². The van der Waals surface area contributed by atoms with Crippen LogP contribution in [0.5, 0.6) is 0 Å². The molecule has 0 aliphatic heterocycles. The van der Waals surface area contributed by atoms with Crippen molar-refractivity contribution in [1.82, 2.24) is 5.32 Å². The van der Waals surface area contributed by atoms with Gasteiger partial charge >= 0.3 is 0 Å². The van der Waals surface area contributed by atoms with Crippen LogP contribution in [-0.4, -0.2) is 26.3 Å². The Labute approximate surface area is 75.7 Å². The molecule has 0 radical (unpaired) electrons. The van der Waals surface area contributed by atoms with Crippen LogP contribution in [0.15, 0.2) is 0 Å². The summed E-state index contributed by atoms with van der Waals surface area (Å²) in [5.74, 6) is 2.64. The summed E-state index contributed by atoms with van der Waals surface area (Å²) in [5, 5.41) is 3.16. The predicted octanol–water partition coefficient (Wildman–Crippen LogP) is 1.41. The molecule has 0 bridgehead atoms. The van der Waals surface area contributed by atoms with E-state index in [2.05, 4.69) is 18.2 Å². The molecule has 0 aliphatic rings. The second kappa shape index (κ2) is 8.58. The lowest BCUT2D eigenvalue weighted by Crippen LogP contribution is -2.26. The molecule has 12 heavy (non-hydrogen) atoms. The molecule has 0 heterocycles. The Morgan fingerprint density at radius 1 is 1.50 bits per heavy atom. The molecule has 1 unspecified atom stereocenters. The summed E-state index contributed by atoms with van der Waals surface area (Å²) < 4.78 is 5.35. The fourth-order valence-corrected chi connectivity index (χ4v) is 0.963. The highest BCUT2D eigenvalue weighted by Crippen LogP contribution is 1.96. The van der Waals surface area contributed by atoms with Gasteiger partial charge in [0, 0.05) is 25.7 Å². The van der Waals surface area contributed by atoms with Gasteiger partial charge in [0.25, 0.3) is 0 Å². The van der Waals surface area contributed by atoms with Crippen LogP contribution in [0.2, 0.25) is 0 Å². The van der Waals surface area contributed by atoms with Gasteiger partial charge in [0.1, 0.15) is 0 Å². The molecule has 0 saturated carbocycles. The molecule has 0 rings (SSSR count). The summed E-state index contributed by atoms with van der Waals surface area (Å²) in [6.07, 6.45) is 8.07. The van der Waals surface area contributed by atoms with Crippen molar-refractivity contribution < 1.29 is 4.74 Å². The highest BCUT2D eigenvalue weighted by Gasteiger charge is 2.02. The fraction of sp³-hybridized carbons (Fsp3) is 0.800. The second-order valence-electron chi connectivity index (χ2n) is 2.79. The number of rotatable bonds is 7. The van der Waals surface area contributed by atoms with Crippen molar-refractivity contribution in [2.45, 2.75) is 32.2 Å². The smallest absolute Gasteiger partial charge is 0.0481 e. The molecule has 0 aromatic heterocycles. The van der Waals surface area contributed by atoms with Crippen molar-refractivity contribution in [3.05, 3.63) is 0 Å². The lowest BCUT2D eigenvalue weighted by molar-refractivity contribution is 0.125. The molecule has 0 fully saturated rings. The molecule has 1 N–H and O–H groups in total. The number of hydrogen-bond donors (Lipinski definition) is 1. The Morgan fingerprint density at radius 2 is 2.25 bits per heavy atom. The van der Waals surface area contributed by atoms with Crippen LogP contribution >= 0.6 is 0 Å². The molecule has 70 valence electrons. The third-order valence-electron chi connectivity index (χ3n) is 1.73. The zero-order valence-electron chi connectivity index (χ0n) is 8.10. The lowest BCUT2D eigenvalue weighted by Gasteiger charge is -2.12. The zero-order valence-corrected chi connectivity index (χ0v) is 8.10. The van der Waals surface area contributed by atoms with Crippen LogP contribution in [0, 0.1) is 12.3 Å². The van der Waals surface area contributed by atoms with E-state index in [1.54, 1.807) is 0 Å². The van der Waals surface area contributed by atoms with E-state index in [9.17, 15) is 0 Å². The van der Waals surface area contributed by atoms with Crippen LogP contribution < -0.4 is 5.32 Å². The van der Waals surface area contributed by atoms with E-state index < -0.39 is 0 Å². The maximum absolute atomic E-state index is 5.35. The predicted molar refractivity (Wildman–Crippen MR) is 52.0 cm³/mol. The van der Waals surface area contributed by atoms with Crippen LogP contribution in [0.1, 0.15) is 26.2 Å². The summed E-state index contributed by atoms with van der Waals surface area (Å²) in [7, 11) is 1.93. The molecule has 0 aliphatic carbocycles. The number of ether oxygens (including phenoxy) is 1.